The third kappa shape index (κ3) is 3.81. The van der Waals surface area contributed by atoms with E-state index >= 15 is 0 Å². The maximum Gasteiger partial charge on any atom is 0.292 e. The molecular formula is C20H31N3O3. The number of amides is 1. The normalized spacial score (nSPS) is 27.9. The average Bonchev–Trinajstić information content (AvgIpc) is 2.90. The minimum atomic E-state index is 0.0241. The lowest BCUT2D eigenvalue weighted by Gasteiger charge is -2.36. The van der Waals surface area contributed by atoms with Gasteiger partial charge in [0.05, 0.1) is 5.69 Å². The van der Waals surface area contributed by atoms with E-state index < -0.39 is 0 Å². The Kier molecular flexibility index (Phi) is 5.32. The number of nitrogens with zero attached hydrogens (tertiary/aromatic N) is 3. The van der Waals surface area contributed by atoms with Crippen LogP contribution in [0.5, 0.6) is 0 Å². The number of hydrogen-bond donors (Lipinski definition) is 0. The van der Waals surface area contributed by atoms with Gasteiger partial charge in [-0.1, -0.05) is 19.0 Å². The van der Waals surface area contributed by atoms with Crippen LogP contribution < -0.4 is 0 Å². The first-order chi connectivity index (χ1) is 12.6. The molecule has 0 aliphatic carbocycles. The molecule has 6 heteroatoms. The van der Waals surface area contributed by atoms with Crippen LogP contribution in [0, 0.1) is 11.8 Å². The molecule has 1 amide bonds. The summed E-state index contributed by atoms with van der Waals surface area (Å²) in [4.78, 5) is 17.8. The number of carbonyl (C=O) groups excluding carboxylic acids is 1. The Hall–Kier alpha value is -1.40. The third-order valence-corrected chi connectivity index (χ3v) is 6.10. The Morgan fingerprint density at radius 3 is 2.73 bits per heavy atom. The fraction of sp³-hybridized carbons (Fsp3) is 0.800. The monoisotopic (exact) mass is 361 g/mol. The van der Waals surface area contributed by atoms with Gasteiger partial charge in [0.2, 0.25) is 5.76 Å². The van der Waals surface area contributed by atoms with Crippen molar-refractivity contribution < 1.29 is 14.1 Å². The summed E-state index contributed by atoms with van der Waals surface area (Å²) >= 11 is 0. The first-order valence-electron chi connectivity index (χ1n) is 10.2. The molecule has 2 atom stereocenters. The van der Waals surface area contributed by atoms with E-state index in [0.29, 0.717) is 29.7 Å². The molecule has 5 heterocycles. The molecule has 144 valence electrons. The molecule has 4 fully saturated rings. The van der Waals surface area contributed by atoms with Crippen LogP contribution >= 0.6 is 0 Å². The predicted octanol–water partition coefficient (Wildman–Crippen LogP) is 2.59. The van der Waals surface area contributed by atoms with Crippen LogP contribution in [0.4, 0.5) is 0 Å². The quantitative estimate of drug-likeness (QED) is 0.825. The lowest BCUT2D eigenvalue weighted by Crippen LogP contribution is -2.48. The zero-order chi connectivity index (χ0) is 18.1. The molecule has 0 radical (unpaired) electrons. The topological polar surface area (TPSA) is 58.8 Å². The van der Waals surface area contributed by atoms with E-state index in [1.165, 1.54) is 6.42 Å². The molecule has 4 aliphatic heterocycles. The van der Waals surface area contributed by atoms with E-state index in [-0.39, 0.29) is 5.91 Å². The van der Waals surface area contributed by atoms with Gasteiger partial charge in [0.15, 0.2) is 0 Å². The van der Waals surface area contributed by atoms with E-state index in [2.05, 4.69) is 28.8 Å². The second kappa shape index (κ2) is 7.69. The van der Waals surface area contributed by atoms with Gasteiger partial charge in [-0.05, 0) is 43.9 Å². The van der Waals surface area contributed by atoms with E-state index in [9.17, 15) is 4.79 Å². The molecule has 5 rings (SSSR count). The van der Waals surface area contributed by atoms with Gasteiger partial charge in [0.25, 0.3) is 5.91 Å². The molecule has 26 heavy (non-hydrogen) atoms. The number of fused-ring (bicyclic) bond motifs is 4. The molecule has 0 unspecified atom stereocenters. The van der Waals surface area contributed by atoms with Crippen LogP contribution in [0.1, 0.15) is 55.8 Å². The standard InChI is InChI=1S/C20H31N3O3/c1-14(2)9-16-10-19(26-21-16)20(24)23-12-15-3-4-18(23)13-22(11-15)17-5-7-25-8-6-17/h10,14-15,17-18H,3-9,11-13H2,1-2H3/t15-,18+/m1/s1. The van der Waals surface area contributed by atoms with Gasteiger partial charge in [-0.25, -0.2) is 0 Å². The SMILES string of the molecule is CC(C)Cc1cc(C(=O)N2C[C@@H]3CC[C@H]2CN(C2CCOCC2)C3)on1. The van der Waals surface area contributed by atoms with Crippen molar-refractivity contribution in [1.29, 1.82) is 0 Å². The highest BCUT2D eigenvalue weighted by atomic mass is 16.5. The Labute approximate surface area is 155 Å². The lowest BCUT2D eigenvalue weighted by molar-refractivity contribution is 0.0301. The fourth-order valence-electron chi connectivity index (χ4n) is 4.78. The smallest absolute Gasteiger partial charge is 0.292 e. The number of carbonyl (C=O) groups is 1. The van der Waals surface area contributed by atoms with E-state index in [4.69, 9.17) is 9.26 Å². The van der Waals surface area contributed by atoms with Crippen LogP contribution in [0.25, 0.3) is 0 Å². The van der Waals surface area contributed by atoms with Crippen molar-refractivity contribution in [2.24, 2.45) is 11.8 Å². The Morgan fingerprint density at radius 2 is 1.96 bits per heavy atom. The molecule has 1 aromatic rings. The number of hydrogen-bond acceptors (Lipinski definition) is 5. The van der Waals surface area contributed by atoms with Crippen molar-refractivity contribution in [3.63, 3.8) is 0 Å². The summed E-state index contributed by atoms with van der Waals surface area (Å²) in [6.45, 7) is 8.98. The van der Waals surface area contributed by atoms with E-state index in [1.807, 2.05) is 6.07 Å². The van der Waals surface area contributed by atoms with Gasteiger partial charge in [-0.2, -0.15) is 0 Å². The zero-order valence-corrected chi connectivity index (χ0v) is 16.0. The average molecular weight is 361 g/mol. The van der Waals surface area contributed by atoms with Crippen LogP contribution in [-0.2, 0) is 11.2 Å². The molecule has 0 spiro atoms. The van der Waals surface area contributed by atoms with Crippen LogP contribution in [-0.4, -0.2) is 65.8 Å². The largest absolute Gasteiger partial charge is 0.381 e. The van der Waals surface area contributed by atoms with Crippen LogP contribution in [0.15, 0.2) is 10.6 Å². The molecule has 1 aromatic heterocycles. The van der Waals surface area contributed by atoms with Gasteiger partial charge in [-0.15, -0.1) is 0 Å². The molecule has 4 saturated heterocycles. The Balaban J connectivity index is 1.45. The van der Waals surface area contributed by atoms with Gasteiger partial charge in [0.1, 0.15) is 0 Å². The van der Waals surface area contributed by atoms with Crippen molar-refractivity contribution >= 4 is 5.91 Å². The number of aromatic nitrogens is 1. The molecule has 6 nitrogen and oxygen atoms in total. The molecule has 0 aromatic carbocycles. The van der Waals surface area contributed by atoms with Crippen molar-refractivity contribution in [2.45, 2.75) is 58.0 Å². The van der Waals surface area contributed by atoms with Gasteiger partial charge < -0.3 is 14.2 Å². The summed E-state index contributed by atoms with van der Waals surface area (Å²) in [6, 6.07) is 2.75. The first-order valence-corrected chi connectivity index (χ1v) is 10.2. The summed E-state index contributed by atoms with van der Waals surface area (Å²) in [5.41, 5.74) is 0.882. The number of piperidine rings is 1. The molecule has 2 bridgehead atoms. The fourth-order valence-corrected chi connectivity index (χ4v) is 4.78. The summed E-state index contributed by atoms with van der Waals surface area (Å²) < 4.78 is 10.9. The predicted molar refractivity (Wildman–Crippen MR) is 98.0 cm³/mol. The maximum atomic E-state index is 13.1. The van der Waals surface area contributed by atoms with Crippen molar-refractivity contribution in [1.82, 2.24) is 15.0 Å². The minimum Gasteiger partial charge on any atom is -0.381 e. The van der Waals surface area contributed by atoms with Gasteiger partial charge >= 0.3 is 0 Å². The second-order valence-corrected chi connectivity index (χ2v) is 8.63. The lowest BCUT2D eigenvalue weighted by atomic mass is 9.94. The summed E-state index contributed by atoms with van der Waals surface area (Å²) in [5.74, 6) is 1.51. The van der Waals surface area contributed by atoms with Crippen molar-refractivity contribution in [2.75, 3.05) is 32.8 Å². The minimum absolute atomic E-state index is 0.0241. The third-order valence-electron chi connectivity index (χ3n) is 6.10. The highest BCUT2D eigenvalue weighted by Crippen LogP contribution is 2.31. The zero-order valence-electron chi connectivity index (χ0n) is 16.0. The summed E-state index contributed by atoms with van der Waals surface area (Å²) in [5, 5.41) is 4.10. The van der Waals surface area contributed by atoms with E-state index in [0.717, 1.165) is 64.2 Å². The number of rotatable bonds is 4. The van der Waals surface area contributed by atoms with Crippen molar-refractivity contribution in [3.8, 4) is 0 Å². The van der Waals surface area contributed by atoms with Crippen LogP contribution in [0.3, 0.4) is 0 Å². The highest BCUT2D eigenvalue weighted by molar-refractivity contribution is 5.91. The van der Waals surface area contributed by atoms with Gasteiger partial charge in [0, 0.05) is 51.0 Å². The summed E-state index contributed by atoms with van der Waals surface area (Å²) in [7, 11) is 0. The Bertz CT molecular complexity index is 624. The molecule has 4 aliphatic rings. The molecular weight excluding hydrogens is 330 g/mol. The molecule has 0 N–H and O–H groups in total. The summed E-state index contributed by atoms with van der Waals surface area (Å²) in [6.07, 6.45) is 5.41. The molecule has 0 saturated carbocycles. The highest BCUT2D eigenvalue weighted by Gasteiger charge is 2.40. The Morgan fingerprint density at radius 1 is 1.15 bits per heavy atom. The van der Waals surface area contributed by atoms with Gasteiger partial charge in [-0.3, -0.25) is 9.69 Å². The number of ether oxygens (including phenoxy) is 1. The second-order valence-electron chi connectivity index (χ2n) is 8.63. The van der Waals surface area contributed by atoms with Crippen molar-refractivity contribution in [3.05, 3.63) is 17.5 Å². The van der Waals surface area contributed by atoms with Crippen LogP contribution in [0.2, 0.25) is 0 Å². The maximum absolute atomic E-state index is 13.1. The van der Waals surface area contributed by atoms with E-state index in [1.54, 1.807) is 0 Å². The first kappa shape index (κ1) is 18.0.